The molecule has 0 amide bonds. The van der Waals surface area contributed by atoms with Gasteiger partial charge in [-0.25, -0.2) is 0 Å². The number of unbranched alkanes of at least 4 members (excludes halogenated alkanes) is 2. The number of rotatable bonds is 8. The van der Waals surface area contributed by atoms with Crippen LogP contribution in [0.3, 0.4) is 0 Å². The van der Waals surface area contributed by atoms with Gasteiger partial charge >= 0.3 is 0 Å². The first-order valence-electron chi connectivity index (χ1n) is 6.55. The third kappa shape index (κ3) is 6.43. The Kier molecular flexibility index (Phi) is 7.76. The van der Waals surface area contributed by atoms with Gasteiger partial charge in [-0.1, -0.05) is 0 Å². The Morgan fingerprint density at radius 3 is 2.56 bits per heavy atom. The van der Waals surface area contributed by atoms with Gasteiger partial charge in [0, 0.05) is 45.9 Å². The molecule has 1 aliphatic rings. The van der Waals surface area contributed by atoms with Gasteiger partial charge < -0.3 is 15.3 Å². The van der Waals surface area contributed by atoms with Crippen LogP contribution in [0.5, 0.6) is 0 Å². The van der Waals surface area contributed by atoms with E-state index >= 15 is 0 Å². The zero-order valence-electron chi connectivity index (χ0n) is 10.6. The lowest BCUT2D eigenvalue weighted by atomic mass is 10.2. The zero-order valence-corrected chi connectivity index (χ0v) is 10.6. The first-order chi connectivity index (χ1) is 7.83. The molecule has 0 radical (unpaired) electrons. The normalized spacial score (nSPS) is 18.2. The minimum absolute atomic E-state index is 0.338. The van der Waals surface area contributed by atoms with Crippen molar-refractivity contribution in [3.63, 3.8) is 0 Å². The van der Waals surface area contributed by atoms with Crippen molar-refractivity contribution in [2.75, 3.05) is 59.5 Å². The number of hydrogen-bond acceptors (Lipinski definition) is 4. The van der Waals surface area contributed by atoms with Gasteiger partial charge in [-0.3, -0.25) is 4.90 Å². The van der Waals surface area contributed by atoms with Crippen LogP contribution in [0.4, 0.5) is 0 Å². The Morgan fingerprint density at radius 1 is 1.12 bits per heavy atom. The summed E-state index contributed by atoms with van der Waals surface area (Å²) in [5.74, 6) is 0. The second-order valence-electron chi connectivity index (χ2n) is 4.68. The smallest absolute Gasteiger partial charge is 0.0431 e. The Morgan fingerprint density at radius 2 is 1.88 bits per heavy atom. The highest BCUT2D eigenvalue weighted by molar-refractivity contribution is 4.68. The van der Waals surface area contributed by atoms with E-state index in [0.29, 0.717) is 6.61 Å². The number of aliphatic hydroxyl groups is 1. The summed E-state index contributed by atoms with van der Waals surface area (Å²) in [6, 6.07) is 0. The molecule has 0 spiro atoms. The molecule has 16 heavy (non-hydrogen) atoms. The standard InChI is InChI=1S/C12H27N3O/c1-14(7-3-2-4-12-16)10-11-15-8-5-13-6-9-15/h13,16H,2-12H2,1H3. The van der Waals surface area contributed by atoms with Gasteiger partial charge in [-0.15, -0.1) is 0 Å². The lowest BCUT2D eigenvalue weighted by Crippen LogP contribution is -2.46. The van der Waals surface area contributed by atoms with Crippen LogP contribution in [0.25, 0.3) is 0 Å². The molecular weight excluding hydrogens is 202 g/mol. The van der Waals surface area contributed by atoms with Crippen LogP contribution in [0.1, 0.15) is 19.3 Å². The summed E-state index contributed by atoms with van der Waals surface area (Å²) in [5, 5.41) is 12.1. The Hall–Kier alpha value is -0.160. The molecule has 1 heterocycles. The van der Waals surface area contributed by atoms with Crippen molar-refractivity contribution in [2.24, 2.45) is 0 Å². The first kappa shape index (κ1) is 13.9. The Balaban J connectivity index is 1.94. The molecule has 0 atom stereocenters. The van der Waals surface area contributed by atoms with Crippen molar-refractivity contribution >= 4 is 0 Å². The lowest BCUT2D eigenvalue weighted by molar-refractivity contribution is 0.202. The first-order valence-corrected chi connectivity index (χ1v) is 6.55. The number of aliphatic hydroxyl groups excluding tert-OH is 1. The van der Waals surface area contributed by atoms with Crippen LogP contribution in [0.15, 0.2) is 0 Å². The van der Waals surface area contributed by atoms with E-state index in [0.717, 1.165) is 32.5 Å². The summed E-state index contributed by atoms with van der Waals surface area (Å²) in [5.41, 5.74) is 0. The van der Waals surface area contributed by atoms with Crippen molar-refractivity contribution < 1.29 is 5.11 Å². The maximum absolute atomic E-state index is 8.68. The number of nitrogens with zero attached hydrogens (tertiary/aromatic N) is 2. The number of hydrogen-bond donors (Lipinski definition) is 2. The highest BCUT2D eigenvalue weighted by Crippen LogP contribution is 1.98. The van der Waals surface area contributed by atoms with Crippen LogP contribution in [0, 0.1) is 0 Å². The fraction of sp³-hybridized carbons (Fsp3) is 1.00. The van der Waals surface area contributed by atoms with Crippen molar-refractivity contribution in [1.82, 2.24) is 15.1 Å². The SMILES string of the molecule is CN(CCCCCO)CCN1CCNCC1. The van der Waals surface area contributed by atoms with Gasteiger partial charge in [0.2, 0.25) is 0 Å². The van der Waals surface area contributed by atoms with Crippen molar-refractivity contribution in [1.29, 1.82) is 0 Å². The summed E-state index contributed by atoms with van der Waals surface area (Å²) >= 11 is 0. The molecule has 0 aromatic rings. The third-order valence-corrected chi connectivity index (χ3v) is 3.21. The van der Waals surface area contributed by atoms with E-state index in [2.05, 4.69) is 22.2 Å². The largest absolute Gasteiger partial charge is 0.396 e. The fourth-order valence-electron chi connectivity index (χ4n) is 2.03. The van der Waals surface area contributed by atoms with Crippen molar-refractivity contribution in [3.05, 3.63) is 0 Å². The summed E-state index contributed by atoms with van der Waals surface area (Å²) in [7, 11) is 2.20. The third-order valence-electron chi connectivity index (χ3n) is 3.21. The Bertz CT molecular complexity index is 160. The zero-order chi connectivity index (χ0) is 11.6. The minimum atomic E-state index is 0.338. The Labute approximate surface area is 99.6 Å². The molecule has 1 aliphatic heterocycles. The fourth-order valence-corrected chi connectivity index (χ4v) is 2.03. The number of likely N-dealkylation sites (N-methyl/N-ethyl adjacent to an activating group) is 1. The molecule has 0 aromatic heterocycles. The van der Waals surface area contributed by atoms with Gasteiger partial charge in [-0.2, -0.15) is 0 Å². The van der Waals surface area contributed by atoms with E-state index in [1.54, 1.807) is 0 Å². The maximum Gasteiger partial charge on any atom is 0.0431 e. The van der Waals surface area contributed by atoms with Crippen molar-refractivity contribution in [2.45, 2.75) is 19.3 Å². The lowest BCUT2D eigenvalue weighted by Gasteiger charge is -2.29. The number of piperazine rings is 1. The minimum Gasteiger partial charge on any atom is -0.396 e. The summed E-state index contributed by atoms with van der Waals surface area (Å²) in [6.07, 6.45) is 3.30. The molecule has 0 aromatic carbocycles. The maximum atomic E-state index is 8.68. The second-order valence-corrected chi connectivity index (χ2v) is 4.68. The van der Waals surface area contributed by atoms with Crippen LogP contribution in [-0.2, 0) is 0 Å². The van der Waals surface area contributed by atoms with Crippen LogP contribution < -0.4 is 5.32 Å². The van der Waals surface area contributed by atoms with Gasteiger partial charge in [0.05, 0.1) is 0 Å². The molecule has 2 N–H and O–H groups in total. The van der Waals surface area contributed by atoms with Gasteiger partial charge in [-0.05, 0) is 32.9 Å². The van der Waals surface area contributed by atoms with E-state index in [-0.39, 0.29) is 0 Å². The van der Waals surface area contributed by atoms with Crippen LogP contribution >= 0.6 is 0 Å². The van der Waals surface area contributed by atoms with Gasteiger partial charge in [0.1, 0.15) is 0 Å². The molecule has 4 nitrogen and oxygen atoms in total. The molecule has 0 aliphatic carbocycles. The molecular formula is C12H27N3O. The summed E-state index contributed by atoms with van der Waals surface area (Å²) in [6.45, 7) is 8.52. The monoisotopic (exact) mass is 229 g/mol. The molecule has 0 bridgehead atoms. The molecule has 4 heteroatoms. The average molecular weight is 229 g/mol. The molecule has 1 saturated heterocycles. The molecule has 0 unspecified atom stereocenters. The molecule has 0 saturated carbocycles. The van der Waals surface area contributed by atoms with Crippen molar-refractivity contribution in [3.8, 4) is 0 Å². The van der Waals surface area contributed by atoms with E-state index < -0.39 is 0 Å². The number of nitrogens with one attached hydrogen (secondary N) is 1. The van der Waals surface area contributed by atoms with Gasteiger partial charge in [0.15, 0.2) is 0 Å². The van der Waals surface area contributed by atoms with Crippen LogP contribution in [-0.4, -0.2) is 74.4 Å². The van der Waals surface area contributed by atoms with E-state index in [9.17, 15) is 0 Å². The molecule has 1 rings (SSSR count). The van der Waals surface area contributed by atoms with E-state index in [4.69, 9.17) is 5.11 Å². The van der Waals surface area contributed by atoms with Crippen LogP contribution in [0.2, 0.25) is 0 Å². The van der Waals surface area contributed by atoms with E-state index in [1.807, 2.05) is 0 Å². The highest BCUT2D eigenvalue weighted by atomic mass is 16.2. The second kappa shape index (κ2) is 8.93. The topological polar surface area (TPSA) is 38.7 Å². The predicted molar refractivity (Wildman–Crippen MR) is 67.7 cm³/mol. The summed E-state index contributed by atoms with van der Waals surface area (Å²) < 4.78 is 0. The summed E-state index contributed by atoms with van der Waals surface area (Å²) in [4.78, 5) is 4.93. The quantitative estimate of drug-likeness (QED) is 0.574. The predicted octanol–water partition coefficient (Wildman–Crippen LogP) is -0.0140. The molecule has 96 valence electrons. The average Bonchev–Trinajstić information content (AvgIpc) is 2.33. The highest BCUT2D eigenvalue weighted by Gasteiger charge is 2.09. The van der Waals surface area contributed by atoms with E-state index in [1.165, 1.54) is 32.6 Å². The molecule has 1 fully saturated rings. The van der Waals surface area contributed by atoms with Gasteiger partial charge in [0.25, 0.3) is 0 Å².